The van der Waals surface area contributed by atoms with E-state index in [1.54, 1.807) is 6.19 Å². The Hall–Kier alpha value is -1.44. The summed E-state index contributed by atoms with van der Waals surface area (Å²) in [6.07, 6.45) is 2.44. The molecule has 0 heterocycles. The van der Waals surface area contributed by atoms with Crippen molar-refractivity contribution in [3.8, 4) is 6.19 Å². The zero-order valence-electron chi connectivity index (χ0n) is 8.80. The van der Waals surface area contributed by atoms with Gasteiger partial charge in [0.15, 0.2) is 6.19 Å². The highest BCUT2D eigenvalue weighted by Gasteiger charge is 2.52. The van der Waals surface area contributed by atoms with Crippen molar-refractivity contribution in [2.45, 2.75) is 16.7 Å². The van der Waals surface area contributed by atoms with Crippen LogP contribution in [0.4, 0.5) is 5.69 Å². The highest BCUT2D eigenvalue weighted by atomic mass is 35.5. The van der Waals surface area contributed by atoms with Crippen molar-refractivity contribution in [2.75, 3.05) is 5.32 Å². The van der Waals surface area contributed by atoms with Crippen LogP contribution in [0.2, 0.25) is 0 Å². The molecule has 1 fully saturated rings. The highest BCUT2D eigenvalue weighted by molar-refractivity contribution is 6.51. The number of nitriles is 1. The van der Waals surface area contributed by atoms with E-state index in [-0.39, 0.29) is 11.9 Å². The maximum absolute atomic E-state index is 8.33. The first-order valence-corrected chi connectivity index (χ1v) is 5.77. The third-order valence-corrected chi connectivity index (χ3v) is 3.42. The fraction of sp³-hybridized carbons (Fsp3) is 0.273. The van der Waals surface area contributed by atoms with Gasteiger partial charge in [-0.3, -0.25) is 10.7 Å². The summed E-state index contributed by atoms with van der Waals surface area (Å²) < 4.78 is -0.621. The predicted octanol–water partition coefficient (Wildman–Crippen LogP) is 2.77. The lowest BCUT2D eigenvalue weighted by Crippen LogP contribution is -2.24. The molecule has 0 amide bonds. The van der Waals surface area contributed by atoms with Crippen molar-refractivity contribution >= 4 is 34.8 Å². The number of benzene rings is 1. The second-order valence-corrected chi connectivity index (χ2v) is 5.42. The molecule has 0 bridgehead atoms. The summed E-state index contributed by atoms with van der Waals surface area (Å²) in [5, 5.41) is 20.6. The van der Waals surface area contributed by atoms with E-state index in [2.05, 4.69) is 10.6 Å². The largest absolute Gasteiger partial charge is 0.326 e. The van der Waals surface area contributed by atoms with Crippen molar-refractivity contribution in [1.29, 1.82) is 10.7 Å². The smallest absolute Gasteiger partial charge is 0.206 e. The molecule has 4 nitrogen and oxygen atoms in total. The maximum atomic E-state index is 8.33. The van der Waals surface area contributed by atoms with Crippen LogP contribution in [-0.2, 0) is 0 Å². The fourth-order valence-corrected chi connectivity index (χ4v) is 2.17. The van der Waals surface area contributed by atoms with E-state index in [1.165, 1.54) is 0 Å². The first-order chi connectivity index (χ1) is 8.03. The van der Waals surface area contributed by atoms with E-state index in [9.17, 15) is 0 Å². The van der Waals surface area contributed by atoms with Crippen LogP contribution in [0.3, 0.4) is 0 Å². The number of halogens is 2. The second-order valence-electron chi connectivity index (χ2n) is 3.88. The average molecular weight is 269 g/mol. The third-order valence-electron chi connectivity index (χ3n) is 2.59. The molecule has 88 valence electrons. The molecule has 0 radical (unpaired) electrons. The fourth-order valence-electron chi connectivity index (χ4n) is 1.61. The first kappa shape index (κ1) is 12.0. The van der Waals surface area contributed by atoms with Crippen LogP contribution in [0.25, 0.3) is 0 Å². The van der Waals surface area contributed by atoms with Crippen LogP contribution in [0.15, 0.2) is 24.3 Å². The van der Waals surface area contributed by atoms with Gasteiger partial charge >= 0.3 is 0 Å². The van der Waals surface area contributed by atoms with Crippen molar-refractivity contribution < 1.29 is 0 Å². The van der Waals surface area contributed by atoms with Crippen molar-refractivity contribution in [3.63, 3.8) is 0 Å². The number of anilines is 1. The van der Waals surface area contributed by atoms with Gasteiger partial charge < -0.3 is 5.32 Å². The van der Waals surface area contributed by atoms with Gasteiger partial charge in [0.1, 0.15) is 4.33 Å². The summed E-state index contributed by atoms with van der Waals surface area (Å²) in [4.78, 5) is 0. The Morgan fingerprint density at radius 2 is 2.00 bits per heavy atom. The summed E-state index contributed by atoms with van der Waals surface area (Å²) in [6, 6.07) is 7.48. The van der Waals surface area contributed by atoms with Gasteiger partial charge in [0.2, 0.25) is 5.96 Å². The molecule has 1 aromatic carbocycles. The lowest BCUT2D eigenvalue weighted by atomic mass is 10.1. The molecule has 1 aliphatic carbocycles. The second kappa shape index (κ2) is 4.44. The van der Waals surface area contributed by atoms with Gasteiger partial charge in [-0.25, -0.2) is 0 Å². The molecular weight excluding hydrogens is 259 g/mol. The Kier molecular flexibility index (Phi) is 3.14. The van der Waals surface area contributed by atoms with Crippen LogP contribution >= 0.6 is 23.2 Å². The van der Waals surface area contributed by atoms with Gasteiger partial charge in [0.05, 0.1) is 0 Å². The van der Waals surface area contributed by atoms with Crippen molar-refractivity contribution in [3.05, 3.63) is 29.8 Å². The van der Waals surface area contributed by atoms with Crippen molar-refractivity contribution in [1.82, 2.24) is 5.32 Å². The number of hydrogen-bond donors (Lipinski definition) is 3. The Labute approximate surface area is 109 Å². The molecule has 0 saturated heterocycles. The molecular formula is C11H10Cl2N4. The summed E-state index contributed by atoms with van der Waals surface area (Å²) in [6.45, 7) is 0. The van der Waals surface area contributed by atoms with E-state index in [0.717, 1.165) is 17.7 Å². The summed E-state index contributed by atoms with van der Waals surface area (Å²) in [7, 11) is 0. The molecule has 0 aromatic heterocycles. The van der Waals surface area contributed by atoms with E-state index in [1.807, 2.05) is 24.3 Å². The SMILES string of the molecule is N#CNC(=N)Nc1ccc(C2CC2(Cl)Cl)cc1. The molecule has 17 heavy (non-hydrogen) atoms. The number of nitrogens with zero attached hydrogens (tertiary/aromatic N) is 1. The van der Waals surface area contributed by atoms with E-state index in [4.69, 9.17) is 33.9 Å². The molecule has 1 atom stereocenters. The summed E-state index contributed by atoms with van der Waals surface area (Å²) in [5.74, 6) is 0.132. The van der Waals surface area contributed by atoms with Gasteiger partial charge in [0.25, 0.3) is 0 Å². The number of hydrogen-bond acceptors (Lipinski definition) is 2. The number of nitrogens with one attached hydrogen (secondary N) is 3. The molecule has 0 spiro atoms. The van der Waals surface area contributed by atoms with Crippen LogP contribution in [-0.4, -0.2) is 10.3 Å². The third kappa shape index (κ3) is 2.82. The van der Waals surface area contributed by atoms with Crippen LogP contribution < -0.4 is 10.6 Å². The Balaban J connectivity index is 2.00. The monoisotopic (exact) mass is 268 g/mol. The molecule has 0 aliphatic heterocycles. The van der Waals surface area contributed by atoms with Gasteiger partial charge in [-0.2, -0.15) is 5.26 Å². The topological polar surface area (TPSA) is 71.7 Å². The van der Waals surface area contributed by atoms with Crippen molar-refractivity contribution in [2.24, 2.45) is 0 Å². The molecule has 2 rings (SSSR count). The Morgan fingerprint density at radius 1 is 1.41 bits per heavy atom. The molecule has 1 unspecified atom stereocenters. The number of rotatable bonds is 2. The minimum absolute atomic E-state index is 0.0595. The normalized spacial score (nSPS) is 20.2. The standard InChI is InChI=1S/C11H10Cl2N4/c12-11(13)5-9(11)7-1-3-8(4-2-7)17-10(15)16-6-14/h1-4,9H,5H2,(H3,15,16,17). The van der Waals surface area contributed by atoms with Crippen LogP contribution in [0.5, 0.6) is 0 Å². The average Bonchev–Trinajstić information content (AvgIpc) is 2.89. The minimum atomic E-state index is -0.621. The summed E-state index contributed by atoms with van der Waals surface area (Å²) >= 11 is 12.0. The van der Waals surface area contributed by atoms with Gasteiger partial charge in [-0.1, -0.05) is 12.1 Å². The molecule has 1 aromatic rings. The highest BCUT2D eigenvalue weighted by Crippen LogP contribution is 2.59. The number of alkyl halides is 2. The number of guanidine groups is 1. The Bertz CT molecular complexity index is 475. The Morgan fingerprint density at radius 3 is 2.47 bits per heavy atom. The zero-order valence-corrected chi connectivity index (χ0v) is 10.3. The lowest BCUT2D eigenvalue weighted by molar-refractivity contribution is 1.11. The van der Waals surface area contributed by atoms with Crippen LogP contribution in [0.1, 0.15) is 17.9 Å². The van der Waals surface area contributed by atoms with Gasteiger partial charge in [-0.15, -0.1) is 23.2 Å². The zero-order chi connectivity index (χ0) is 12.5. The lowest BCUT2D eigenvalue weighted by Gasteiger charge is -2.07. The molecule has 1 aliphatic rings. The quantitative estimate of drug-likeness (QED) is 0.254. The molecule has 1 saturated carbocycles. The van der Waals surface area contributed by atoms with E-state index >= 15 is 0 Å². The van der Waals surface area contributed by atoms with Crippen LogP contribution in [0, 0.1) is 16.9 Å². The molecule has 6 heteroatoms. The predicted molar refractivity (Wildman–Crippen MR) is 68.3 cm³/mol. The van der Waals surface area contributed by atoms with Gasteiger partial charge in [0, 0.05) is 11.6 Å². The minimum Gasteiger partial charge on any atom is -0.326 e. The van der Waals surface area contributed by atoms with E-state index < -0.39 is 4.33 Å². The summed E-state index contributed by atoms with van der Waals surface area (Å²) in [5.41, 5.74) is 1.82. The van der Waals surface area contributed by atoms with E-state index in [0.29, 0.717) is 0 Å². The molecule has 3 N–H and O–H groups in total. The maximum Gasteiger partial charge on any atom is 0.206 e. The van der Waals surface area contributed by atoms with Gasteiger partial charge in [-0.05, 0) is 24.1 Å². The first-order valence-electron chi connectivity index (χ1n) is 5.01.